The van der Waals surface area contributed by atoms with Crippen molar-refractivity contribution in [1.29, 1.82) is 0 Å². The van der Waals surface area contributed by atoms with Gasteiger partial charge in [-0.15, -0.1) is 0 Å². The van der Waals surface area contributed by atoms with Crippen LogP contribution in [0.25, 0.3) is 51.1 Å². The number of allylic oxidation sites excluding steroid dienone is 1. The van der Waals surface area contributed by atoms with Crippen molar-refractivity contribution in [3.63, 3.8) is 0 Å². The second-order valence-corrected chi connectivity index (χ2v) is 12.8. The highest BCUT2D eigenvalue weighted by molar-refractivity contribution is 8.25. The molecule has 198 valence electrons. The third kappa shape index (κ3) is 5.79. The molecule has 0 saturated carbocycles. The minimum absolute atomic E-state index is 0.279. The van der Waals surface area contributed by atoms with Gasteiger partial charge in [-0.1, -0.05) is 36.5 Å². The van der Waals surface area contributed by atoms with E-state index >= 15 is 0 Å². The van der Waals surface area contributed by atoms with Gasteiger partial charge < -0.3 is 4.98 Å². The van der Waals surface area contributed by atoms with Gasteiger partial charge in [0.2, 0.25) is 0 Å². The molecule has 0 saturated heterocycles. The molecule has 2 aromatic carbocycles. The molecule has 0 atom stereocenters. The van der Waals surface area contributed by atoms with E-state index in [0.717, 1.165) is 66.2 Å². The Bertz CT molecular complexity index is 1940. The fourth-order valence-corrected chi connectivity index (χ4v) is 5.14. The molecule has 0 fully saturated rings. The van der Waals surface area contributed by atoms with E-state index in [0.29, 0.717) is 6.54 Å². The molecule has 0 amide bonds. The number of H-pyrrole nitrogens is 2. The average molecular weight is 538 g/mol. The van der Waals surface area contributed by atoms with Crippen LogP contribution in [0.3, 0.4) is 0 Å². The predicted molar refractivity (Wildman–Crippen MR) is 168 cm³/mol. The summed E-state index contributed by atoms with van der Waals surface area (Å²) in [6, 6.07) is 15.3. The number of benzene rings is 2. The zero-order valence-electron chi connectivity index (χ0n) is 22.4. The third-order valence-electron chi connectivity index (χ3n) is 6.50. The van der Waals surface area contributed by atoms with E-state index in [-0.39, 0.29) is 5.82 Å². The van der Waals surface area contributed by atoms with Crippen molar-refractivity contribution in [2.45, 2.75) is 20.4 Å². The summed E-state index contributed by atoms with van der Waals surface area (Å²) in [5.41, 5.74) is 8.05. The number of hydrogen-bond acceptors (Lipinski definition) is 3. The Morgan fingerprint density at radius 2 is 1.95 bits per heavy atom. The lowest BCUT2D eigenvalue weighted by Crippen LogP contribution is -2.23. The van der Waals surface area contributed by atoms with Crippen LogP contribution in [0.2, 0.25) is 0 Å². The van der Waals surface area contributed by atoms with E-state index in [9.17, 15) is 4.39 Å². The van der Waals surface area contributed by atoms with Crippen LogP contribution in [0.5, 0.6) is 0 Å². The summed E-state index contributed by atoms with van der Waals surface area (Å²) in [5.74, 6) is 7.83. The summed E-state index contributed by atoms with van der Waals surface area (Å²) in [7, 11) is -1.41. The fourth-order valence-electron chi connectivity index (χ4n) is 4.62. The van der Waals surface area contributed by atoms with Crippen LogP contribution in [0.1, 0.15) is 23.6 Å². The molecule has 3 heterocycles. The van der Waals surface area contributed by atoms with Crippen LogP contribution < -0.4 is 15.3 Å². The minimum Gasteiger partial charge on any atom is -0.353 e. The number of aromatic nitrogens is 4. The molecule has 3 aromatic heterocycles. The normalized spacial score (nSPS) is 12.9. The van der Waals surface area contributed by atoms with Gasteiger partial charge in [-0.05, 0) is 96.0 Å². The number of aryl methyl sites for hydroxylation is 1. The average Bonchev–Trinajstić information content (AvgIpc) is 3.50. The Hall–Kier alpha value is -4.20. The lowest BCUT2D eigenvalue weighted by molar-refractivity contribution is 0.625. The summed E-state index contributed by atoms with van der Waals surface area (Å²) in [4.78, 5) is 7.83. The molecule has 0 aliphatic heterocycles. The molecule has 0 aliphatic carbocycles. The quantitative estimate of drug-likeness (QED) is 0.235. The predicted octanol–water partition coefficient (Wildman–Crippen LogP) is 5.66. The van der Waals surface area contributed by atoms with Gasteiger partial charge in [0.25, 0.3) is 0 Å². The summed E-state index contributed by atoms with van der Waals surface area (Å²) in [6.07, 6.45) is 9.62. The maximum absolute atomic E-state index is 14.7. The minimum atomic E-state index is -1.41. The molecule has 39 heavy (non-hydrogen) atoms. The third-order valence-corrected chi connectivity index (χ3v) is 7.34. The number of fused-ring (bicyclic) bond motifs is 1. The maximum atomic E-state index is 14.7. The fraction of sp³-hybridized carbons (Fsp3) is 0.125. The largest absolute Gasteiger partial charge is 0.353 e. The monoisotopic (exact) mass is 537 g/mol. The first-order valence-electron chi connectivity index (χ1n) is 12.6. The molecule has 5 rings (SSSR count). The SMILES string of the molecule is C=C(/C=c1/c(-c2cc3c(-c4cc(F)cc(CNS(=C)(=C)C)c4)cccc3[nH]2)n[nH]/c1=C/C)c1cncc(C)c1. The summed E-state index contributed by atoms with van der Waals surface area (Å²) >= 11 is 0. The molecule has 0 radical (unpaired) electrons. The van der Waals surface area contributed by atoms with Gasteiger partial charge in [-0.2, -0.15) is 14.5 Å². The van der Waals surface area contributed by atoms with E-state index in [1.54, 1.807) is 12.1 Å². The van der Waals surface area contributed by atoms with Crippen LogP contribution in [-0.4, -0.2) is 38.2 Å². The molecule has 3 N–H and O–H groups in total. The smallest absolute Gasteiger partial charge is 0.124 e. The first-order chi connectivity index (χ1) is 18.6. The molecular formula is C32H32FN5S. The molecule has 0 unspecified atom stereocenters. The van der Waals surface area contributed by atoms with Crippen molar-refractivity contribution in [2.75, 3.05) is 6.26 Å². The van der Waals surface area contributed by atoms with Gasteiger partial charge in [0.1, 0.15) is 11.5 Å². The zero-order valence-corrected chi connectivity index (χ0v) is 23.3. The van der Waals surface area contributed by atoms with Gasteiger partial charge in [0.15, 0.2) is 0 Å². The van der Waals surface area contributed by atoms with E-state index < -0.39 is 9.39 Å². The Kier molecular flexibility index (Phi) is 7.12. The van der Waals surface area contributed by atoms with Gasteiger partial charge in [-0.25, -0.2) is 4.39 Å². The number of aromatic amines is 2. The van der Waals surface area contributed by atoms with Gasteiger partial charge >= 0.3 is 0 Å². The lowest BCUT2D eigenvalue weighted by Gasteiger charge is -2.12. The standard InChI is InChI=1S/C32H32FN5S/c1-7-29-28(12-21(3)24-11-20(2)17-34-19-24)32(38-37-29)31-16-27-26(9-8-10-30(27)36-31)23-13-22(14-25(33)15-23)18-35-39(4,5)6/h7-17,19,35-37H,3-5,18H2,1-2,6H3/b28-12+,29-7+. The highest BCUT2D eigenvalue weighted by Crippen LogP contribution is 2.32. The van der Waals surface area contributed by atoms with Crippen LogP contribution >= 0.6 is 9.39 Å². The Morgan fingerprint density at radius 3 is 2.69 bits per heavy atom. The van der Waals surface area contributed by atoms with Crippen molar-refractivity contribution >= 4 is 49.8 Å². The van der Waals surface area contributed by atoms with Crippen LogP contribution in [0, 0.1) is 12.7 Å². The van der Waals surface area contributed by atoms with E-state index in [2.05, 4.69) is 55.3 Å². The number of rotatable bonds is 7. The molecule has 0 aliphatic rings. The van der Waals surface area contributed by atoms with Crippen LogP contribution in [-0.2, 0) is 6.54 Å². The molecule has 0 bridgehead atoms. The number of nitrogens with one attached hydrogen (secondary N) is 3. The number of pyridine rings is 1. The Morgan fingerprint density at radius 1 is 1.13 bits per heavy atom. The first kappa shape index (κ1) is 26.4. The van der Waals surface area contributed by atoms with Crippen molar-refractivity contribution in [3.05, 3.63) is 101 Å². The van der Waals surface area contributed by atoms with Crippen molar-refractivity contribution in [2.24, 2.45) is 0 Å². The molecular weight excluding hydrogens is 505 g/mol. The van der Waals surface area contributed by atoms with E-state index in [4.69, 9.17) is 0 Å². The lowest BCUT2D eigenvalue weighted by atomic mass is 9.99. The molecule has 5 nitrogen and oxygen atoms in total. The second kappa shape index (κ2) is 10.5. The maximum Gasteiger partial charge on any atom is 0.124 e. The van der Waals surface area contributed by atoms with Crippen LogP contribution in [0.4, 0.5) is 4.39 Å². The van der Waals surface area contributed by atoms with Gasteiger partial charge in [0, 0.05) is 35.1 Å². The van der Waals surface area contributed by atoms with Gasteiger partial charge in [0.05, 0.1) is 11.0 Å². The van der Waals surface area contributed by atoms with Crippen LogP contribution in [0.15, 0.2) is 67.5 Å². The molecule has 5 aromatic rings. The first-order valence-corrected chi connectivity index (χ1v) is 14.9. The molecule has 7 heteroatoms. The topological polar surface area (TPSA) is 69.4 Å². The summed E-state index contributed by atoms with van der Waals surface area (Å²) in [6.45, 7) is 8.77. The number of nitrogens with zero attached hydrogens (tertiary/aromatic N) is 2. The number of halogens is 1. The van der Waals surface area contributed by atoms with Crippen molar-refractivity contribution in [3.8, 4) is 22.5 Å². The highest BCUT2D eigenvalue weighted by Gasteiger charge is 2.14. The Balaban J connectivity index is 1.60. The van der Waals surface area contributed by atoms with Gasteiger partial charge in [-0.3, -0.25) is 14.8 Å². The summed E-state index contributed by atoms with van der Waals surface area (Å²) in [5, 5.41) is 10.6. The number of hydrogen-bond donors (Lipinski definition) is 3. The van der Waals surface area contributed by atoms with Crippen molar-refractivity contribution in [1.82, 2.24) is 24.9 Å². The van der Waals surface area contributed by atoms with E-state index in [1.165, 1.54) is 0 Å². The van der Waals surface area contributed by atoms with Crippen molar-refractivity contribution < 1.29 is 4.39 Å². The summed E-state index contributed by atoms with van der Waals surface area (Å²) < 4.78 is 18.0. The zero-order chi connectivity index (χ0) is 27.7. The molecule has 0 spiro atoms. The van der Waals surface area contributed by atoms with E-state index in [1.807, 2.05) is 68.9 Å². The highest BCUT2D eigenvalue weighted by atomic mass is 32.2. The second-order valence-electron chi connectivity index (χ2n) is 10.0. The Labute approximate surface area is 228 Å².